The summed E-state index contributed by atoms with van der Waals surface area (Å²) in [6.45, 7) is 0.805. The van der Waals surface area contributed by atoms with Crippen molar-refractivity contribution in [3.05, 3.63) is 23.8 Å². The molecule has 0 amide bonds. The summed E-state index contributed by atoms with van der Waals surface area (Å²) in [6.07, 6.45) is 0.583. The van der Waals surface area contributed by atoms with E-state index in [2.05, 4.69) is 4.72 Å². The van der Waals surface area contributed by atoms with Crippen LogP contribution in [0.2, 0.25) is 0 Å². The average molecular weight is 301 g/mol. The smallest absolute Gasteiger partial charge is 0.335 e. The first-order chi connectivity index (χ1) is 9.44. The number of aromatic carboxylic acids is 1. The molecule has 0 aromatic heterocycles. The number of hydrogen-bond acceptors (Lipinski definition) is 5. The molecule has 8 heteroatoms. The third kappa shape index (κ3) is 3.09. The van der Waals surface area contributed by atoms with Crippen molar-refractivity contribution in [1.29, 1.82) is 0 Å². The molecule has 2 rings (SSSR count). The van der Waals surface area contributed by atoms with Crippen molar-refractivity contribution in [2.24, 2.45) is 0 Å². The number of nitrogens with one attached hydrogen (secondary N) is 1. The molecule has 0 bridgehead atoms. The maximum absolute atomic E-state index is 12.3. The van der Waals surface area contributed by atoms with E-state index in [0.717, 1.165) is 6.07 Å². The lowest BCUT2D eigenvalue weighted by Gasteiger charge is -2.14. The Morgan fingerprint density at radius 1 is 1.50 bits per heavy atom. The van der Waals surface area contributed by atoms with Crippen molar-refractivity contribution >= 4 is 16.0 Å². The third-order valence-electron chi connectivity index (χ3n) is 2.95. The van der Waals surface area contributed by atoms with E-state index in [1.807, 2.05) is 0 Å². The highest BCUT2D eigenvalue weighted by molar-refractivity contribution is 7.89. The molecule has 20 heavy (non-hydrogen) atoms. The van der Waals surface area contributed by atoms with Gasteiger partial charge in [-0.05, 0) is 24.6 Å². The van der Waals surface area contributed by atoms with Crippen molar-refractivity contribution in [1.82, 2.24) is 4.72 Å². The monoisotopic (exact) mass is 301 g/mol. The molecule has 2 N–H and O–H groups in total. The van der Waals surface area contributed by atoms with E-state index in [1.54, 1.807) is 0 Å². The minimum Gasteiger partial charge on any atom is -0.495 e. The number of carboxylic acids is 1. The Balaban J connectivity index is 2.37. The van der Waals surface area contributed by atoms with Gasteiger partial charge in [-0.25, -0.2) is 17.9 Å². The molecule has 1 saturated heterocycles. The molecule has 1 fully saturated rings. The van der Waals surface area contributed by atoms with Gasteiger partial charge in [0.15, 0.2) is 0 Å². The van der Waals surface area contributed by atoms with Gasteiger partial charge in [-0.3, -0.25) is 0 Å². The molecule has 7 nitrogen and oxygen atoms in total. The van der Waals surface area contributed by atoms with Crippen LogP contribution in [0.25, 0.3) is 0 Å². The van der Waals surface area contributed by atoms with Crippen molar-refractivity contribution in [2.75, 3.05) is 20.3 Å². The van der Waals surface area contributed by atoms with Gasteiger partial charge in [0.2, 0.25) is 10.0 Å². The van der Waals surface area contributed by atoms with E-state index in [0.29, 0.717) is 19.6 Å². The quantitative estimate of drug-likeness (QED) is 0.819. The average Bonchev–Trinajstić information content (AvgIpc) is 2.90. The molecule has 1 aliphatic heterocycles. The predicted octanol–water partition coefficient (Wildman–Crippen LogP) is 0.461. The molecule has 1 heterocycles. The molecule has 1 aromatic carbocycles. The minimum atomic E-state index is -3.86. The molecule has 1 aromatic rings. The maximum Gasteiger partial charge on any atom is 0.335 e. The van der Waals surface area contributed by atoms with Crippen LogP contribution < -0.4 is 9.46 Å². The Hall–Kier alpha value is -1.64. The van der Waals surface area contributed by atoms with Gasteiger partial charge >= 0.3 is 5.97 Å². The number of carbonyl (C=O) groups is 1. The van der Waals surface area contributed by atoms with Crippen LogP contribution in [0.3, 0.4) is 0 Å². The molecule has 0 radical (unpaired) electrons. The van der Waals surface area contributed by atoms with E-state index in [1.165, 1.54) is 19.2 Å². The number of hydrogen-bond donors (Lipinski definition) is 2. The summed E-state index contributed by atoms with van der Waals surface area (Å²) >= 11 is 0. The van der Waals surface area contributed by atoms with Crippen LogP contribution in [0.1, 0.15) is 16.8 Å². The molecule has 1 unspecified atom stereocenters. The second kappa shape index (κ2) is 5.78. The molecule has 0 spiro atoms. The fourth-order valence-corrected chi connectivity index (χ4v) is 3.38. The topological polar surface area (TPSA) is 102 Å². The highest BCUT2D eigenvalue weighted by atomic mass is 32.2. The van der Waals surface area contributed by atoms with Crippen molar-refractivity contribution in [2.45, 2.75) is 17.4 Å². The second-order valence-corrected chi connectivity index (χ2v) is 6.03. The van der Waals surface area contributed by atoms with Gasteiger partial charge in [-0.1, -0.05) is 0 Å². The lowest BCUT2D eigenvalue weighted by atomic mass is 10.2. The zero-order chi connectivity index (χ0) is 14.8. The lowest BCUT2D eigenvalue weighted by molar-refractivity contribution is 0.0696. The summed E-state index contributed by atoms with van der Waals surface area (Å²) in [5.41, 5.74) is -0.117. The number of carboxylic acid groups (broad SMARTS) is 1. The Morgan fingerprint density at radius 3 is 2.80 bits per heavy atom. The second-order valence-electron chi connectivity index (χ2n) is 4.35. The van der Waals surface area contributed by atoms with Crippen molar-refractivity contribution < 1.29 is 27.8 Å². The number of benzene rings is 1. The van der Waals surface area contributed by atoms with Crippen molar-refractivity contribution in [3.63, 3.8) is 0 Å². The summed E-state index contributed by atoms with van der Waals surface area (Å²) in [4.78, 5) is 10.8. The molecular weight excluding hydrogens is 286 g/mol. The summed E-state index contributed by atoms with van der Waals surface area (Å²) in [7, 11) is -2.53. The summed E-state index contributed by atoms with van der Waals surface area (Å²) in [6, 6.07) is 3.39. The molecule has 110 valence electrons. The fourth-order valence-electron chi connectivity index (χ4n) is 1.93. The standard InChI is InChI=1S/C12H15NO6S/c1-18-10-3-2-8(12(14)15)6-11(10)20(16,17)13-9-4-5-19-7-9/h2-3,6,9,13H,4-5,7H2,1H3,(H,14,15). The first-order valence-electron chi connectivity index (χ1n) is 5.95. The van der Waals surface area contributed by atoms with Gasteiger partial charge in [0, 0.05) is 12.6 Å². The largest absolute Gasteiger partial charge is 0.495 e. The van der Waals surface area contributed by atoms with Crippen LogP contribution in [0.4, 0.5) is 0 Å². The SMILES string of the molecule is COc1ccc(C(=O)O)cc1S(=O)(=O)NC1CCOC1. The fraction of sp³-hybridized carbons (Fsp3) is 0.417. The summed E-state index contributed by atoms with van der Waals surface area (Å²) in [5.74, 6) is -1.10. The van der Waals surface area contributed by atoms with Gasteiger partial charge < -0.3 is 14.6 Å². The zero-order valence-electron chi connectivity index (χ0n) is 10.8. The normalized spacial score (nSPS) is 18.9. The molecule has 1 atom stereocenters. The molecular formula is C12H15NO6S. The van der Waals surface area contributed by atoms with E-state index in [-0.39, 0.29) is 22.3 Å². The van der Waals surface area contributed by atoms with Gasteiger partial charge in [0.25, 0.3) is 0 Å². The van der Waals surface area contributed by atoms with Gasteiger partial charge in [0.05, 0.1) is 19.3 Å². The highest BCUT2D eigenvalue weighted by Gasteiger charge is 2.26. The third-order valence-corrected chi connectivity index (χ3v) is 4.49. The van der Waals surface area contributed by atoms with Crippen LogP contribution in [0.5, 0.6) is 5.75 Å². The molecule has 0 saturated carbocycles. The Kier molecular flexibility index (Phi) is 4.26. The first kappa shape index (κ1) is 14.8. The van der Waals surface area contributed by atoms with Crippen LogP contribution in [-0.4, -0.2) is 45.9 Å². The van der Waals surface area contributed by atoms with Crippen LogP contribution >= 0.6 is 0 Å². The lowest BCUT2D eigenvalue weighted by Crippen LogP contribution is -2.35. The Labute approximate surface area is 116 Å². The number of rotatable bonds is 5. The van der Waals surface area contributed by atoms with Crippen LogP contribution in [0.15, 0.2) is 23.1 Å². The Morgan fingerprint density at radius 2 is 2.25 bits per heavy atom. The van der Waals surface area contributed by atoms with Crippen LogP contribution in [-0.2, 0) is 14.8 Å². The van der Waals surface area contributed by atoms with E-state index < -0.39 is 16.0 Å². The van der Waals surface area contributed by atoms with Gasteiger partial charge in [-0.2, -0.15) is 0 Å². The Bertz CT molecular complexity index is 606. The minimum absolute atomic E-state index is 0.0985. The predicted molar refractivity (Wildman–Crippen MR) is 69.5 cm³/mol. The van der Waals surface area contributed by atoms with Gasteiger partial charge in [-0.15, -0.1) is 0 Å². The van der Waals surface area contributed by atoms with Crippen molar-refractivity contribution in [3.8, 4) is 5.75 Å². The maximum atomic E-state index is 12.3. The number of methoxy groups -OCH3 is 1. The number of ether oxygens (including phenoxy) is 2. The highest BCUT2D eigenvalue weighted by Crippen LogP contribution is 2.25. The first-order valence-corrected chi connectivity index (χ1v) is 7.44. The summed E-state index contributed by atoms with van der Waals surface area (Å²) < 4.78 is 37.2. The number of sulfonamides is 1. The van der Waals surface area contributed by atoms with Gasteiger partial charge in [0.1, 0.15) is 10.6 Å². The zero-order valence-corrected chi connectivity index (χ0v) is 11.6. The van der Waals surface area contributed by atoms with E-state index in [9.17, 15) is 13.2 Å². The van der Waals surface area contributed by atoms with Crippen LogP contribution in [0, 0.1) is 0 Å². The van der Waals surface area contributed by atoms with E-state index in [4.69, 9.17) is 14.6 Å². The van der Waals surface area contributed by atoms with E-state index >= 15 is 0 Å². The summed E-state index contributed by atoms with van der Waals surface area (Å²) in [5, 5.41) is 8.95. The molecule has 0 aliphatic carbocycles. The molecule has 1 aliphatic rings.